The Hall–Kier alpha value is -3.59. The van der Waals surface area contributed by atoms with Crippen molar-refractivity contribution in [2.45, 2.75) is 31.8 Å². The standard InChI is InChI=1S/C24H26N6O3/c1-15-12-25-9-10-29(15)18-3-2-4-20-17(18)11-21(33-20)19-13-26-22-6-8-24(28-30(19)22)32-14-16-5-7-23(31)27-16/h2-4,6,8,11,13,15-16,25H,5,7,9-10,12,14H2,1H3,(H,27,31)/t15-,16-/m1/s1. The highest BCUT2D eigenvalue weighted by Crippen LogP contribution is 2.35. The van der Waals surface area contributed by atoms with Gasteiger partial charge in [-0.2, -0.15) is 0 Å². The van der Waals surface area contributed by atoms with Crippen molar-refractivity contribution in [3.05, 3.63) is 42.6 Å². The molecular weight excluding hydrogens is 420 g/mol. The maximum atomic E-state index is 11.4. The number of fused-ring (bicyclic) bond motifs is 2. The second-order valence-electron chi connectivity index (χ2n) is 8.75. The molecular formula is C24H26N6O3. The molecule has 0 radical (unpaired) electrons. The summed E-state index contributed by atoms with van der Waals surface area (Å²) in [5.74, 6) is 1.26. The van der Waals surface area contributed by atoms with Crippen molar-refractivity contribution in [1.29, 1.82) is 0 Å². The molecule has 0 unspecified atom stereocenters. The topological polar surface area (TPSA) is 96.9 Å². The summed E-state index contributed by atoms with van der Waals surface area (Å²) in [5, 5.41) is 12.1. The van der Waals surface area contributed by atoms with Crippen LogP contribution in [0.15, 0.2) is 47.0 Å². The fraction of sp³-hybridized carbons (Fsp3) is 0.375. The fourth-order valence-corrected chi connectivity index (χ4v) is 4.71. The van der Waals surface area contributed by atoms with Crippen molar-refractivity contribution >= 4 is 28.2 Å². The van der Waals surface area contributed by atoms with Gasteiger partial charge in [0, 0.05) is 49.2 Å². The number of rotatable bonds is 5. The molecule has 2 saturated heterocycles. The molecule has 0 bridgehead atoms. The summed E-state index contributed by atoms with van der Waals surface area (Å²) in [7, 11) is 0. The molecule has 2 atom stereocenters. The van der Waals surface area contributed by atoms with Gasteiger partial charge >= 0.3 is 0 Å². The van der Waals surface area contributed by atoms with Gasteiger partial charge in [-0.1, -0.05) is 6.07 Å². The Balaban J connectivity index is 1.32. The smallest absolute Gasteiger partial charge is 0.231 e. The molecule has 9 heteroatoms. The number of nitrogens with zero attached hydrogens (tertiary/aromatic N) is 4. The number of ether oxygens (including phenoxy) is 1. The number of amides is 1. The Kier molecular flexibility index (Phi) is 4.91. The minimum absolute atomic E-state index is 0.0263. The molecule has 0 spiro atoms. The summed E-state index contributed by atoms with van der Waals surface area (Å²) < 4.78 is 13.9. The maximum absolute atomic E-state index is 11.4. The quantitative estimate of drug-likeness (QED) is 0.486. The van der Waals surface area contributed by atoms with E-state index in [1.165, 1.54) is 5.69 Å². The molecule has 33 heavy (non-hydrogen) atoms. The molecule has 9 nitrogen and oxygen atoms in total. The molecule has 1 aromatic carbocycles. The van der Waals surface area contributed by atoms with E-state index < -0.39 is 0 Å². The average molecular weight is 447 g/mol. The predicted octanol–water partition coefficient (Wildman–Crippen LogP) is 2.60. The highest BCUT2D eigenvalue weighted by atomic mass is 16.5. The van der Waals surface area contributed by atoms with Crippen molar-refractivity contribution < 1.29 is 13.9 Å². The molecule has 3 aromatic heterocycles. The summed E-state index contributed by atoms with van der Waals surface area (Å²) in [6.45, 7) is 5.52. The first-order valence-electron chi connectivity index (χ1n) is 11.4. The van der Waals surface area contributed by atoms with Crippen LogP contribution in [0.1, 0.15) is 19.8 Å². The third-order valence-electron chi connectivity index (χ3n) is 6.46. The summed E-state index contributed by atoms with van der Waals surface area (Å²) in [6, 6.07) is 12.4. The average Bonchev–Trinajstić information content (AvgIpc) is 3.55. The number of piperazine rings is 1. The van der Waals surface area contributed by atoms with Gasteiger partial charge in [0.05, 0.1) is 12.2 Å². The van der Waals surface area contributed by atoms with Gasteiger partial charge < -0.3 is 24.7 Å². The molecule has 1 amide bonds. The van der Waals surface area contributed by atoms with Gasteiger partial charge in [0.25, 0.3) is 0 Å². The van der Waals surface area contributed by atoms with Crippen LogP contribution in [0.25, 0.3) is 28.1 Å². The molecule has 170 valence electrons. The molecule has 5 heterocycles. The molecule has 2 N–H and O–H groups in total. The normalized spacial score (nSPS) is 21.1. The molecule has 2 fully saturated rings. The van der Waals surface area contributed by atoms with Crippen LogP contribution in [0.3, 0.4) is 0 Å². The predicted molar refractivity (Wildman–Crippen MR) is 125 cm³/mol. The van der Waals surface area contributed by atoms with Crippen LogP contribution < -0.4 is 20.3 Å². The van der Waals surface area contributed by atoms with Crippen molar-refractivity contribution in [1.82, 2.24) is 25.2 Å². The highest BCUT2D eigenvalue weighted by Gasteiger charge is 2.23. The number of furan rings is 1. The lowest BCUT2D eigenvalue weighted by Crippen LogP contribution is -2.49. The number of carbonyl (C=O) groups is 1. The zero-order valence-electron chi connectivity index (χ0n) is 18.5. The van der Waals surface area contributed by atoms with E-state index in [9.17, 15) is 4.79 Å². The van der Waals surface area contributed by atoms with E-state index in [1.807, 2.05) is 18.2 Å². The minimum Gasteiger partial charge on any atom is -0.474 e. The highest BCUT2D eigenvalue weighted by molar-refractivity contribution is 5.94. The van der Waals surface area contributed by atoms with Gasteiger partial charge in [-0.05, 0) is 37.6 Å². The van der Waals surface area contributed by atoms with Crippen LogP contribution in [0, 0.1) is 0 Å². The second kappa shape index (κ2) is 8.08. The van der Waals surface area contributed by atoms with E-state index in [1.54, 1.807) is 16.8 Å². The van der Waals surface area contributed by atoms with Crippen molar-refractivity contribution in [3.63, 3.8) is 0 Å². The molecule has 4 aromatic rings. The third kappa shape index (κ3) is 3.68. The summed E-state index contributed by atoms with van der Waals surface area (Å²) in [4.78, 5) is 18.3. The van der Waals surface area contributed by atoms with Crippen molar-refractivity contribution in [2.75, 3.05) is 31.1 Å². The molecule has 0 saturated carbocycles. The summed E-state index contributed by atoms with van der Waals surface area (Å²) in [6.07, 6.45) is 3.10. The number of hydrogen-bond donors (Lipinski definition) is 2. The lowest BCUT2D eigenvalue weighted by atomic mass is 10.1. The third-order valence-corrected chi connectivity index (χ3v) is 6.46. The van der Waals surface area contributed by atoms with Crippen LogP contribution >= 0.6 is 0 Å². The number of hydrogen-bond acceptors (Lipinski definition) is 7. The van der Waals surface area contributed by atoms with Crippen molar-refractivity contribution in [2.24, 2.45) is 0 Å². The zero-order valence-corrected chi connectivity index (χ0v) is 18.5. The van der Waals surface area contributed by atoms with Gasteiger partial charge in [-0.3, -0.25) is 4.79 Å². The largest absolute Gasteiger partial charge is 0.474 e. The molecule has 6 rings (SSSR count). The summed E-state index contributed by atoms with van der Waals surface area (Å²) in [5.41, 5.74) is 3.50. The number of carbonyl (C=O) groups excluding carboxylic acids is 1. The maximum Gasteiger partial charge on any atom is 0.231 e. The van der Waals surface area contributed by atoms with E-state index in [-0.39, 0.29) is 11.9 Å². The monoisotopic (exact) mass is 446 g/mol. The van der Waals surface area contributed by atoms with E-state index in [4.69, 9.17) is 9.15 Å². The Labute approximate surface area is 190 Å². The van der Waals surface area contributed by atoms with Crippen LogP contribution in [-0.4, -0.2) is 58.8 Å². The molecule has 2 aliphatic rings. The lowest BCUT2D eigenvalue weighted by Gasteiger charge is -2.36. The Morgan fingerprint density at radius 3 is 3.06 bits per heavy atom. The van der Waals surface area contributed by atoms with Gasteiger partial charge in [0.1, 0.15) is 17.9 Å². The number of imidazole rings is 1. The van der Waals surface area contributed by atoms with Gasteiger partial charge in [0.15, 0.2) is 11.4 Å². The van der Waals surface area contributed by atoms with Crippen molar-refractivity contribution in [3.8, 4) is 17.3 Å². The van der Waals surface area contributed by atoms with Crippen LogP contribution in [0.4, 0.5) is 5.69 Å². The van der Waals surface area contributed by atoms with E-state index in [0.717, 1.165) is 42.7 Å². The number of aromatic nitrogens is 3. The van der Waals surface area contributed by atoms with Crippen LogP contribution in [0.5, 0.6) is 5.88 Å². The van der Waals surface area contributed by atoms with Gasteiger partial charge in [-0.25, -0.2) is 9.50 Å². The Bertz CT molecular complexity index is 1330. The van der Waals surface area contributed by atoms with E-state index in [0.29, 0.717) is 36.4 Å². The fourth-order valence-electron chi connectivity index (χ4n) is 4.71. The molecule has 0 aliphatic carbocycles. The van der Waals surface area contributed by atoms with E-state index in [2.05, 4.69) is 44.7 Å². The first-order chi connectivity index (χ1) is 16.2. The van der Waals surface area contributed by atoms with Gasteiger partial charge in [-0.15, -0.1) is 5.10 Å². The SMILES string of the molecule is C[C@@H]1CNCCN1c1cccc2oc(-c3cnc4ccc(OC[C@H]5CCC(=O)N5)nn34)cc12. The first kappa shape index (κ1) is 20.0. The first-order valence-corrected chi connectivity index (χ1v) is 11.4. The van der Waals surface area contributed by atoms with Crippen LogP contribution in [-0.2, 0) is 4.79 Å². The van der Waals surface area contributed by atoms with Crippen LogP contribution in [0.2, 0.25) is 0 Å². The molecule has 2 aliphatic heterocycles. The van der Waals surface area contributed by atoms with E-state index >= 15 is 0 Å². The van der Waals surface area contributed by atoms with Gasteiger partial charge in [0.2, 0.25) is 11.8 Å². The Morgan fingerprint density at radius 2 is 2.21 bits per heavy atom. The Morgan fingerprint density at radius 1 is 1.27 bits per heavy atom. The zero-order chi connectivity index (χ0) is 22.4. The summed E-state index contributed by atoms with van der Waals surface area (Å²) >= 11 is 0. The number of nitrogens with one attached hydrogen (secondary N) is 2. The number of anilines is 1. The minimum atomic E-state index is 0.0263. The lowest BCUT2D eigenvalue weighted by molar-refractivity contribution is -0.119. The second-order valence-corrected chi connectivity index (χ2v) is 8.75. The number of benzene rings is 1.